The van der Waals surface area contributed by atoms with Crippen LogP contribution in [0.5, 0.6) is 17.2 Å². The van der Waals surface area contributed by atoms with E-state index in [1.807, 2.05) is 36.4 Å². The first-order valence-corrected chi connectivity index (χ1v) is 24.0. The molecule has 0 heterocycles. The van der Waals surface area contributed by atoms with Crippen molar-refractivity contribution in [1.82, 2.24) is 0 Å². The van der Waals surface area contributed by atoms with E-state index in [4.69, 9.17) is 20.5 Å². The molecule has 0 aliphatic rings. The molecular formula is C58H69N5O4. The standard InChI is InChI=1S/C29H34N2O.C21H32O.C8H3N3O2/c1-2-3-4-5-6-7-8-9-10-11-12-13-14-16-25-17-15-18-28(21-25)32-29-20-19-26(23-30)27(22-29)24-31;1-2-3-4-5-6-7-8-9-10-11-12-13-14-16-20-17-15-18-21(22)19-20;9-4-6-1-2-8(11(12)13)3-7(6)5-10/h4-5,7-8,15,17-22H,2-3,6,9-14,16H2,1H3;4-5,7-8,15,17-19,22H,2-3,6,9-14,16H2,1H3;1-3H/b2*5-4+,8-7+;. The van der Waals surface area contributed by atoms with Gasteiger partial charge in [0.25, 0.3) is 5.69 Å². The van der Waals surface area contributed by atoms with Gasteiger partial charge in [-0.25, -0.2) is 0 Å². The molecule has 4 aromatic rings. The van der Waals surface area contributed by atoms with Gasteiger partial charge in [0.15, 0.2) is 0 Å². The van der Waals surface area contributed by atoms with E-state index in [1.54, 1.807) is 36.4 Å². The zero-order valence-corrected chi connectivity index (χ0v) is 39.8. The van der Waals surface area contributed by atoms with E-state index >= 15 is 0 Å². The van der Waals surface area contributed by atoms with E-state index in [2.05, 4.69) is 80.7 Å². The fraction of sp³-hybridized carbons (Fsp3) is 0.379. The maximum absolute atomic E-state index is 10.3. The predicted molar refractivity (Wildman–Crippen MR) is 271 cm³/mol. The molecule has 0 atom stereocenters. The molecule has 0 bridgehead atoms. The largest absolute Gasteiger partial charge is 0.508 e. The van der Waals surface area contributed by atoms with Crippen LogP contribution in [-0.4, -0.2) is 10.0 Å². The number of ether oxygens (including phenoxy) is 1. The Morgan fingerprint density at radius 2 is 0.955 bits per heavy atom. The Morgan fingerprint density at radius 1 is 0.507 bits per heavy atom. The number of rotatable bonds is 27. The Balaban J connectivity index is 0.000000379. The molecule has 9 nitrogen and oxygen atoms in total. The van der Waals surface area contributed by atoms with Crippen LogP contribution in [-0.2, 0) is 12.8 Å². The average Bonchev–Trinajstić information content (AvgIpc) is 3.34. The number of nitriles is 4. The minimum absolute atomic E-state index is 0.0247. The van der Waals surface area contributed by atoms with Crippen molar-refractivity contribution in [2.24, 2.45) is 0 Å². The minimum atomic E-state index is -0.609. The van der Waals surface area contributed by atoms with Crippen LogP contribution in [0.3, 0.4) is 0 Å². The summed E-state index contributed by atoms with van der Waals surface area (Å²) in [4.78, 5) is 9.67. The van der Waals surface area contributed by atoms with Gasteiger partial charge in [0.05, 0.1) is 27.2 Å². The van der Waals surface area contributed by atoms with Gasteiger partial charge in [0.1, 0.15) is 41.5 Å². The van der Waals surface area contributed by atoms with E-state index in [1.165, 1.54) is 126 Å². The summed E-state index contributed by atoms with van der Waals surface area (Å²) in [6.07, 6.45) is 42.5. The second kappa shape index (κ2) is 37.1. The first-order chi connectivity index (χ1) is 32.8. The van der Waals surface area contributed by atoms with Crippen molar-refractivity contribution >= 4 is 5.69 Å². The third-order valence-electron chi connectivity index (χ3n) is 10.5. The van der Waals surface area contributed by atoms with Gasteiger partial charge in [-0.3, -0.25) is 10.1 Å². The van der Waals surface area contributed by atoms with Gasteiger partial charge in [0, 0.05) is 12.1 Å². The number of hydrogen-bond acceptors (Lipinski definition) is 8. The number of non-ortho nitro benzene ring substituents is 1. The van der Waals surface area contributed by atoms with Crippen LogP contribution in [0, 0.1) is 55.4 Å². The molecule has 0 saturated carbocycles. The first kappa shape index (κ1) is 55.9. The number of phenols is 1. The molecule has 9 heteroatoms. The van der Waals surface area contributed by atoms with Crippen molar-refractivity contribution in [1.29, 1.82) is 21.0 Å². The maximum Gasteiger partial charge on any atom is 0.270 e. The van der Waals surface area contributed by atoms with Crippen molar-refractivity contribution in [2.45, 2.75) is 142 Å². The molecule has 350 valence electrons. The van der Waals surface area contributed by atoms with E-state index in [-0.39, 0.29) is 16.8 Å². The minimum Gasteiger partial charge on any atom is -0.508 e. The number of nitro benzene ring substituents is 1. The number of hydrogen-bond donors (Lipinski definition) is 1. The van der Waals surface area contributed by atoms with Crippen LogP contribution >= 0.6 is 0 Å². The summed E-state index contributed by atoms with van der Waals surface area (Å²) in [6.45, 7) is 4.42. The summed E-state index contributed by atoms with van der Waals surface area (Å²) < 4.78 is 5.91. The molecule has 67 heavy (non-hydrogen) atoms. The Labute approximate surface area is 400 Å². The molecular weight excluding hydrogens is 831 g/mol. The number of aryl methyl sites for hydroxylation is 2. The maximum atomic E-state index is 10.3. The Hall–Kier alpha value is -7.20. The molecule has 0 radical (unpaired) electrons. The molecule has 0 aliphatic carbocycles. The highest BCUT2D eigenvalue weighted by Crippen LogP contribution is 2.25. The lowest BCUT2D eigenvalue weighted by molar-refractivity contribution is -0.384. The number of aromatic hydroxyl groups is 1. The van der Waals surface area contributed by atoms with Gasteiger partial charge in [0.2, 0.25) is 0 Å². The van der Waals surface area contributed by atoms with Gasteiger partial charge in [-0.05, 0) is 137 Å². The molecule has 0 fully saturated rings. The number of benzene rings is 4. The van der Waals surface area contributed by atoms with Crippen molar-refractivity contribution in [3.05, 3.63) is 177 Å². The average molecular weight is 900 g/mol. The molecule has 1 N–H and O–H groups in total. The molecule has 0 aliphatic heterocycles. The highest BCUT2D eigenvalue weighted by Gasteiger charge is 2.10. The van der Waals surface area contributed by atoms with Gasteiger partial charge < -0.3 is 9.84 Å². The number of phenolic OH excluding ortho intramolecular Hbond substituents is 1. The lowest BCUT2D eigenvalue weighted by Gasteiger charge is -2.08. The zero-order valence-electron chi connectivity index (χ0n) is 39.8. The highest BCUT2D eigenvalue weighted by molar-refractivity contribution is 5.52. The number of nitrogens with zero attached hydrogens (tertiary/aromatic N) is 5. The molecule has 0 unspecified atom stereocenters. The lowest BCUT2D eigenvalue weighted by Crippen LogP contribution is -1.91. The van der Waals surface area contributed by atoms with E-state index < -0.39 is 4.92 Å². The molecule has 0 saturated heterocycles. The second-order valence-corrected chi connectivity index (χ2v) is 16.1. The molecule has 0 amide bonds. The Morgan fingerprint density at radius 3 is 1.46 bits per heavy atom. The topological polar surface area (TPSA) is 168 Å². The van der Waals surface area contributed by atoms with E-state index in [0.717, 1.165) is 37.5 Å². The van der Waals surface area contributed by atoms with Gasteiger partial charge in [-0.15, -0.1) is 0 Å². The molecule has 0 spiro atoms. The second-order valence-electron chi connectivity index (χ2n) is 16.1. The summed E-state index contributed by atoms with van der Waals surface area (Å²) in [5, 5.41) is 54.9. The number of unbranched alkanes of at least 4 members (excludes halogenated alkanes) is 12. The van der Waals surface area contributed by atoms with Crippen LogP contribution in [0.4, 0.5) is 5.69 Å². The SMILES string of the molecule is CCC/C=C/C/C=C/CCCCCCCc1cccc(O)c1.CCC/C=C/C/C=C/CCCCCCCc1cccc(Oc2ccc(C#N)c(C#N)c2)c1.N#Cc1ccc([N+](=O)[O-])cc1C#N. The van der Waals surface area contributed by atoms with Crippen LogP contribution in [0.25, 0.3) is 0 Å². The first-order valence-electron chi connectivity index (χ1n) is 24.0. The van der Waals surface area contributed by atoms with Gasteiger partial charge in [-0.2, -0.15) is 21.0 Å². The van der Waals surface area contributed by atoms with Crippen molar-refractivity contribution in [3.63, 3.8) is 0 Å². The molecule has 0 aromatic heterocycles. The fourth-order valence-electron chi connectivity index (χ4n) is 6.82. The van der Waals surface area contributed by atoms with Crippen molar-refractivity contribution in [3.8, 4) is 41.5 Å². The summed E-state index contributed by atoms with van der Waals surface area (Å²) in [5.74, 6) is 1.71. The lowest BCUT2D eigenvalue weighted by atomic mass is 10.0. The summed E-state index contributed by atoms with van der Waals surface area (Å²) in [7, 11) is 0. The highest BCUT2D eigenvalue weighted by atomic mass is 16.6. The Bertz CT molecular complexity index is 2330. The fourth-order valence-corrected chi connectivity index (χ4v) is 6.82. The smallest absolute Gasteiger partial charge is 0.270 e. The quantitative estimate of drug-likeness (QED) is 0.0267. The van der Waals surface area contributed by atoms with Crippen LogP contribution in [0.2, 0.25) is 0 Å². The van der Waals surface area contributed by atoms with Crippen LogP contribution in [0.15, 0.2) is 134 Å². The van der Waals surface area contributed by atoms with Gasteiger partial charge in [-0.1, -0.05) is 138 Å². The van der Waals surface area contributed by atoms with Crippen molar-refractivity contribution in [2.75, 3.05) is 0 Å². The molecule has 4 rings (SSSR count). The monoisotopic (exact) mass is 900 g/mol. The van der Waals surface area contributed by atoms with Crippen molar-refractivity contribution < 1.29 is 14.8 Å². The number of nitro groups is 1. The Kier molecular flexibility index (Phi) is 30.9. The van der Waals surface area contributed by atoms with Crippen LogP contribution < -0.4 is 4.74 Å². The third-order valence-corrected chi connectivity index (χ3v) is 10.5. The van der Waals surface area contributed by atoms with Crippen LogP contribution in [0.1, 0.15) is 163 Å². The summed E-state index contributed by atoms with van der Waals surface area (Å²) in [5.41, 5.74) is 3.19. The van der Waals surface area contributed by atoms with Gasteiger partial charge >= 0.3 is 0 Å². The zero-order chi connectivity index (χ0) is 48.6. The van der Waals surface area contributed by atoms with E-state index in [0.29, 0.717) is 22.6 Å². The summed E-state index contributed by atoms with van der Waals surface area (Å²) in [6, 6.07) is 31.8. The summed E-state index contributed by atoms with van der Waals surface area (Å²) >= 11 is 0. The number of allylic oxidation sites excluding steroid dienone is 8. The third kappa shape index (κ3) is 26.4. The predicted octanol–water partition coefficient (Wildman–Crippen LogP) is 16.3. The molecule has 4 aromatic carbocycles. The van der Waals surface area contributed by atoms with E-state index in [9.17, 15) is 20.5 Å². The normalized spacial score (nSPS) is 10.7.